The largest absolute Gasteiger partial charge is 0.316 e. The number of rotatable bonds is 2. The van der Waals surface area contributed by atoms with Gasteiger partial charge in [0.1, 0.15) is 5.82 Å². The Bertz CT molecular complexity index is 482. The maximum absolute atomic E-state index is 14.3. The van der Waals surface area contributed by atoms with Crippen LogP contribution in [-0.4, -0.2) is 13.1 Å². The summed E-state index contributed by atoms with van der Waals surface area (Å²) < 4.78 is 14.3. The molecule has 2 heteroatoms. The van der Waals surface area contributed by atoms with Crippen LogP contribution in [0.15, 0.2) is 24.3 Å². The van der Waals surface area contributed by atoms with Gasteiger partial charge < -0.3 is 5.32 Å². The molecule has 1 nitrogen and oxygen atoms in total. The highest BCUT2D eigenvalue weighted by Gasteiger charge is 2.55. The maximum Gasteiger partial charge on any atom is 0.126 e. The summed E-state index contributed by atoms with van der Waals surface area (Å²) in [6.45, 7) is 0. The van der Waals surface area contributed by atoms with E-state index in [1.54, 1.807) is 6.07 Å². The van der Waals surface area contributed by atoms with Crippen molar-refractivity contribution in [3.05, 3.63) is 35.6 Å². The van der Waals surface area contributed by atoms with E-state index < -0.39 is 0 Å². The minimum Gasteiger partial charge on any atom is -0.316 e. The summed E-state index contributed by atoms with van der Waals surface area (Å²) in [5.74, 6) is 2.37. The molecule has 0 aromatic heterocycles. The molecule has 4 fully saturated rings. The molecule has 2 unspecified atom stereocenters. The molecule has 0 heterocycles. The van der Waals surface area contributed by atoms with Gasteiger partial charge in [-0.05, 0) is 74.0 Å². The monoisotopic (exact) mass is 259 g/mol. The molecular formula is C17H22FN. The summed E-state index contributed by atoms with van der Waals surface area (Å²) in [7, 11) is 2.10. The second-order valence-electron chi connectivity index (χ2n) is 7.04. The topological polar surface area (TPSA) is 12.0 Å². The zero-order valence-electron chi connectivity index (χ0n) is 11.5. The molecule has 4 aliphatic carbocycles. The van der Waals surface area contributed by atoms with E-state index >= 15 is 0 Å². The Morgan fingerprint density at radius 1 is 1.11 bits per heavy atom. The summed E-state index contributed by atoms with van der Waals surface area (Å²) in [5, 5.41) is 3.54. The van der Waals surface area contributed by atoms with Crippen LogP contribution in [-0.2, 0) is 5.41 Å². The van der Waals surface area contributed by atoms with E-state index in [2.05, 4.69) is 12.4 Å². The lowest BCUT2D eigenvalue weighted by molar-refractivity contribution is -0.0338. The van der Waals surface area contributed by atoms with Crippen LogP contribution in [0.1, 0.15) is 37.7 Å². The molecule has 4 bridgehead atoms. The SMILES string of the molecule is CNC1C2CC3CC1CC(c1ccccc1F)(C3)C2. The Morgan fingerprint density at radius 2 is 1.79 bits per heavy atom. The van der Waals surface area contributed by atoms with Gasteiger partial charge in [0.2, 0.25) is 0 Å². The van der Waals surface area contributed by atoms with Gasteiger partial charge in [-0.1, -0.05) is 18.2 Å². The third kappa shape index (κ3) is 1.62. The lowest BCUT2D eigenvalue weighted by Gasteiger charge is -2.60. The second kappa shape index (κ2) is 4.05. The Labute approximate surface area is 114 Å². The van der Waals surface area contributed by atoms with Gasteiger partial charge in [0.15, 0.2) is 0 Å². The van der Waals surface area contributed by atoms with Crippen molar-refractivity contribution in [2.75, 3.05) is 7.05 Å². The van der Waals surface area contributed by atoms with E-state index in [0.29, 0.717) is 6.04 Å². The van der Waals surface area contributed by atoms with Crippen LogP contribution in [0.5, 0.6) is 0 Å². The highest BCUT2D eigenvalue weighted by Crippen LogP contribution is 2.60. The Morgan fingerprint density at radius 3 is 2.42 bits per heavy atom. The van der Waals surface area contributed by atoms with Gasteiger partial charge in [-0.2, -0.15) is 0 Å². The lowest BCUT2D eigenvalue weighted by Crippen LogP contribution is -2.59. The number of benzene rings is 1. The second-order valence-corrected chi connectivity index (χ2v) is 7.04. The van der Waals surface area contributed by atoms with Gasteiger partial charge in [0.25, 0.3) is 0 Å². The smallest absolute Gasteiger partial charge is 0.126 e. The standard InChI is InChI=1S/C17H22FN/c1-19-16-12-6-11-7-13(16)10-17(8-11,9-12)14-4-2-3-5-15(14)18/h2-5,11-13,16,19H,6-10H2,1H3. The molecule has 0 aliphatic heterocycles. The van der Waals surface area contributed by atoms with Crippen LogP contribution in [0, 0.1) is 23.6 Å². The predicted molar refractivity (Wildman–Crippen MR) is 74.5 cm³/mol. The fourth-order valence-corrected chi connectivity index (χ4v) is 5.72. The number of nitrogens with one attached hydrogen (secondary N) is 1. The summed E-state index contributed by atoms with van der Waals surface area (Å²) >= 11 is 0. The molecule has 19 heavy (non-hydrogen) atoms. The molecule has 1 aromatic rings. The number of hydrogen-bond acceptors (Lipinski definition) is 1. The van der Waals surface area contributed by atoms with Gasteiger partial charge in [0, 0.05) is 6.04 Å². The minimum atomic E-state index is 0.0189. The van der Waals surface area contributed by atoms with Crippen molar-refractivity contribution in [1.29, 1.82) is 0 Å². The van der Waals surface area contributed by atoms with Gasteiger partial charge in [-0.3, -0.25) is 0 Å². The quantitative estimate of drug-likeness (QED) is 0.857. The van der Waals surface area contributed by atoms with Crippen LogP contribution >= 0.6 is 0 Å². The Kier molecular flexibility index (Phi) is 2.54. The summed E-state index contributed by atoms with van der Waals surface area (Å²) in [6.07, 6.45) is 6.31. The zero-order chi connectivity index (χ0) is 13.0. The predicted octanol–water partition coefficient (Wildman–Crippen LogP) is 3.49. The van der Waals surface area contributed by atoms with Crippen molar-refractivity contribution >= 4 is 0 Å². The van der Waals surface area contributed by atoms with Crippen molar-refractivity contribution in [3.8, 4) is 0 Å². The summed E-state index contributed by atoms with van der Waals surface area (Å²) in [4.78, 5) is 0. The third-order valence-electron chi connectivity index (χ3n) is 6.05. The molecule has 102 valence electrons. The molecule has 4 aliphatic rings. The van der Waals surface area contributed by atoms with Crippen LogP contribution in [0.2, 0.25) is 0 Å². The van der Waals surface area contributed by atoms with Crippen LogP contribution in [0.3, 0.4) is 0 Å². The van der Waals surface area contributed by atoms with Gasteiger partial charge in [-0.15, -0.1) is 0 Å². The summed E-state index contributed by atoms with van der Waals surface area (Å²) in [6, 6.07) is 8.18. The van der Waals surface area contributed by atoms with Gasteiger partial charge >= 0.3 is 0 Å². The molecule has 1 aromatic carbocycles. The van der Waals surface area contributed by atoms with Gasteiger partial charge in [0.05, 0.1) is 0 Å². The van der Waals surface area contributed by atoms with E-state index in [4.69, 9.17) is 0 Å². The van der Waals surface area contributed by atoms with E-state index in [1.807, 2.05) is 18.2 Å². The van der Waals surface area contributed by atoms with E-state index in [-0.39, 0.29) is 11.2 Å². The molecule has 1 N–H and O–H groups in total. The van der Waals surface area contributed by atoms with Crippen molar-refractivity contribution in [2.24, 2.45) is 17.8 Å². The molecule has 0 radical (unpaired) electrons. The van der Waals surface area contributed by atoms with E-state index in [1.165, 1.54) is 32.1 Å². The Hall–Kier alpha value is -0.890. The molecule has 5 rings (SSSR count). The molecule has 2 atom stereocenters. The van der Waals surface area contributed by atoms with Crippen molar-refractivity contribution in [1.82, 2.24) is 5.32 Å². The summed E-state index contributed by atoms with van der Waals surface area (Å²) in [5.41, 5.74) is 1.15. The molecular weight excluding hydrogens is 237 g/mol. The average Bonchev–Trinajstić information content (AvgIpc) is 2.38. The van der Waals surface area contributed by atoms with Crippen molar-refractivity contribution < 1.29 is 4.39 Å². The molecule has 0 spiro atoms. The Balaban J connectivity index is 1.76. The first-order chi connectivity index (χ1) is 9.22. The molecule has 0 saturated heterocycles. The number of halogens is 1. The van der Waals surface area contributed by atoms with Crippen molar-refractivity contribution in [3.63, 3.8) is 0 Å². The fourth-order valence-electron chi connectivity index (χ4n) is 5.72. The van der Waals surface area contributed by atoms with E-state index in [9.17, 15) is 4.39 Å². The maximum atomic E-state index is 14.3. The normalized spacial score (nSPS) is 43.7. The average molecular weight is 259 g/mol. The zero-order valence-corrected chi connectivity index (χ0v) is 11.5. The first kappa shape index (κ1) is 11.9. The third-order valence-corrected chi connectivity index (χ3v) is 6.05. The fraction of sp³-hybridized carbons (Fsp3) is 0.647. The molecule has 4 saturated carbocycles. The first-order valence-corrected chi connectivity index (χ1v) is 7.64. The minimum absolute atomic E-state index is 0.0189. The highest BCUT2D eigenvalue weighted by molar-refractivity contribution is 5.31. The van der Waals surface area contributed by atoms with Crippen LogP contribution in [0.4, 0.5) is 4.39 Å². The van der Waals surface area contributed by atoms with Crippen molar-refractivity contribution in [2.45, 2.75) is 43.6 Å². The molecule has 0 amide bonds. The lowest BCUT2D eigenvalue weighted by atomic mass is 9.46. The van der Waals surface area contributed by atoms with E-state index in [0.717, 1.165) is 23.3 Å². The van der Waals surface area contributed by atoms with Crippen LogP contribution < -0.4 is 5.32 Å². The number of hydrogen-bond donors (Lipinski definition) is 1. The van der Waals surface area contributed by atoms with Gasteiger partial charge in [-0.25, -0.2) is 4.39 Å². The first-order valence-electron chi connectivity index (χ1n) is 7.64. The van der Waals surface area contributed by atoms with Crippen LogP contribution in [0.25, 0.3) is 0 Å². The highest BCUT2D eigenvalue weighted by atomic mass is 19.1.